The predicted octanol–water partition coefficient (Wildman–Crippen LogP) is 2.08. The molecule has 0 heterocycles. The highest BCUT2D eigenvalue weighted by Gasteiger charge is 2.11. The fourth-order valence-corrected chi connectivity index (χ4v) is 2.05. The first-order valence-electron chi connectivity index (χ1n) is 4.58. The molecular formula is C11H15NO2S. The lowest BCUT2D eigenvalue weighted by atomic mass is 10.3. The van der Waals surface area contributed by atoms with Gasteiger partial charge in [-0.15, -0.1) is 0 Å². The molecule has 0 fully saturated rings. The fourth-order valence-electron chi connectivity index (χ4n) is 1.18. The van der Waals surface area contributed by atoms with Crippen LogP contribution in [0.2, 0.25) is 0 Å². The molecule has 0 amide bonds. The Morgan fingerprint density at radius 1 is 1.40 bits per heavy atom. The average molecular weight is 225 g/mol. The molecule has 0 aliphatic heterocycles. The van der Waals surface area contributed by atoms with Crippen LogP contribution in [0.1, 0.15) is 6.92 Å². The van der Waals surface area contributed by atoms with Crippen molar-refractivity contribution < 1.29 is 8.42 Å². The van der Waals surface area contributed by atoms with Gasteiger partial charge in [0.15, 0.2) is 9.84 Å². The van der Waals surface area contributed by atoms with E-state index >= 15 is 0 Å². The maximum Gasteiger partial charge on any atom is 0.177 e. The third kappa shape index (κ3) is 3.40. The Balaban J connectivity index is 3.02. The molecule has 1 aromatic carbocycles. The van der Waals surface area contributed by atoms with Crippen LogP contribution in [0.5, 0.6) is 0 Å². The van der Waals surface area contributed by atoms with Gasteiger partial charge in [-0.05, 0) is 19.1 Å². The van der Waals surface area contributed by atoms with Crippen molar-refractivity contribution in [2.24, 2.45) is 0 Å². The summed E-state index contributed by atoms with van der Waals surface area (Å²) in [7, 11) is -3.17. The minimum atomic E-state index is -3.17. The summed E-state index contributed by atoms with van der Waals surface area (Å²) in [6.07, 6.45) is 1.20. The molecule has 1 N–H and O–H groups in total. The molecule has 82 valence electrons. The molecule has 0 saturated carbocycles. The van der Waals surface area contributed by atoms with E-state index in [9.17, 15) is 8.42 Å². The molecule has 4 heteroatoms. The van der Waals surface area contributed by atoms with Crippen molar-refractivity contribution in [1.82, 2.24) is 0 Å². The Hall–Kier alpha value is -1.29. The second-order valence-electron chi connectivity index (χ2n) is 3.58. The molecule has 3 nitrogen and oxygen atoms in total. The first kappa shape index (κ1) is 11.8. The monoisotopic (exact) mass is 225 g/mol. The summed E-state index contributed by atoms with van der Waals surface area (Å²) in [6.45, 7) is 6.21. The SMILES string of the molecule is C=C(C)CNc1ccccc1S(C)(=O)=O. The standard InChI is InChI=1S/C11H15NO2S/c1-9(2)8-12-10-6-4-5-7-11(10)15(3,13)14/h4-7,12H,1,8H2,2-3H3. The number of rotatable bonds is 4. The lowest BCUT2D eigenvalue weighted by molar-refractivity contribution is 0.602. The minimum Gasteiger partial charge on any atom is -0.380 e. The van der Waals surface area contributed by atoms with E-state index in [1.165, 1.54) is 6.26 Å². The summed E-state index contributed by atoms with van der Waals surface area (Å²) < 4.78 is 22.9. The largest absolute Gasteiger partial charge is 0.380 e. The van der Waals surface area contributed by atoms with Crippen LogP contribution in [0, 0.1) is 0 Å². The molecule has 0 bridgehead atoms. The van der Waals surface area contributed by atoms with Gasteiger partial charge in [-0.3, -0.25) is 0 Å². The van der Waals surface area contributed by atoms with E-state index in [-0.39, 0.29) is 0 Å². The Kier molecular flexibility index (Phi) is 3.52. The third-order valence-electron chi connectivity index (χ3n) is 1.87. The molecule has 0 saturated heterocycles. The topological polar surface area (TPSA) is 46.2 Å². The Morgan fingerprint density at radius 3 is 2.53 bits per heavy atom. The van der Waals surface area contributed by atoms with Crippen molar-refractivity contribution >= 4 is 15.5 Å². The summed E-state index contributed by atoms with van der Waals surface area (Å²) in [5.41, 5.74) is 1.58. The van der Waals surface area contributed by atoms with Gasteiger partial charge in [0.05, 0.1) is 10.6 Å². The van der Waals surface area contributed by atoms with Crippen LogP contribution >= 0.6 is 0 Å². The second-order valence-corrected chi connectivity index (χ2v) is 5.56. The van der Waals surface area contributed by atoms with Gasteiger partial charge in [0.1, 0.15) is 0 Å². The zero-order valence-corrected chi connectivity index (χ0v) is 9.76. The normalized spacial score (nSPS) is 11.1. The van der Waals surface area contributed by atoms with Gasteiger partial charge in [-0.2, -0.15) is 0 Å². The van der Waals surface area contributed by atoms with Crippen molar-refractivity contribution in [3.05, 3.63) is 36.4 Å². The number of hydrogen-bond donors (Lipinski definition) is 1. The maximum atomic E-state index is 11.4. The van der Waals surface area contributed by atoms with Crippen molar-refractivity contribution in [2.75, 3.05) is 18.1 Å². The van der Waals surface area contributed by atoms with Gasteiger partial charge in [0, 0.05) is 12.8 Å². The summed E-state index contributed by atoms with van der Waals surface area (Å²) in [6, 6.07) is 6.85. The number of para-hydroxylation sites is 1. The number of anilines is 1. The lowest BCUT2D eigenvalue weighted by Crippen LogP contribution is -2.07. The highest BCUT2D eigenvalue weighted by atomic mass is 32.2. The lowest BCUT2D eigenvalue weighted by Gasteiger charge is -2.10. The van der Waals surface area contributed by atoms with Crippen LogP contribution in [-0.2, 0) is 9.84 Å². The van der Waals surface area contributed by atoms with Gasteiger partial charge < -0.3 is 5.32 Å². The highest BCUT2D eigenvalue weighted by molar-refractivity contribution is 7.90. The highest BCUT2D eigenvalue weighted by Crippen LogP contribution is 2.20. The first-order valence-corrected chi connectivity index (χ1v) is 6.48. The van der Waals surface area contributed by atoms with Crippen LogP contribution in [0.3, 0.4) is 0 Å². The smallest absolute Gasteiger partial charge is 0.177 e. The van der Waals surface area contributed by atoms with Crippen LogP contribution < -0.4 is 5.32 Å². The third-order valence-corrected chi connectivity index (χ3v) is 3.02. The minimum absolute atomic E-state index is 0.325. The van der Waals surface area contributed by atoms with Crippen molar-refractivity contribution in [3.8, 4) is 0 Å². The summed E-state index contributed by atoms with van der Waals surface area (Å²) >= 11 is 0. The van der Waals surface area contributed by atoms with Crippen LogP contribution in [0.4, 0.5) is 5.69 Å². The van der Waals surface area contributed by atoms with Gasteiger partial charge in [0.2, 0.25) is 0 Å². The van der Waals surface area contributed by atoms with E-state index in [1.807, 2.05) is 6.92 Å². The van der Waals surface area contributed by atoms with E-state index in [4.69, 9.17) is 0 Å². The molecule has 1 aromatic rings. The van der Waals surface area contributed by atoms with Crippen LogP contribution in [0.15, 0.2) is 41.3 Å². The molecule has 1 rings (SSSR count). The van der Waals surface area contributed by atoms with Crippen LogP contribution in [-0.4, -0.2) is 21.2 Å². The average Bonchev–Trinajstić information content (AvgIpc) is 2.13. The van der Waals surface area contributed by atoms with Gasteiger partial charge in [-0.1, -0.05) is 24.3 Å². The number of benzene rings is 1. The Labute approximate surface area is 90.7 Å². The van der Waals surface area contributed by atoms with Gasteiger partial charge in [-0.25, -0.2) is 8.42 Å². The van der Waals surface area contributed by atoms with E-state index < -0.39 is 9.84 Å². The van der Waals surface area contributed by atoms with E-state index in [0.29, 0.717) is 17.1 Å². The number of sulfone groups is 1. The zero-order valence-electron chi connectivity index (χ0n) is 8.95. The molecular weight excluding hydrogens is 210 g/mol. The quantitative estimate of drug-likeness (QED) is 0.798. The van der Waals surface area contributed by atoms with Crippen LogP contribution in [0.25, 0.3) is 0 Å². The van der Waals surface area contributed by atoms with E-state index in [0.717, 1.165) is 5.57 Å². The fraction of sp³-hybridized carbons (Fsp3) is 0.273. The zero-order chi connectivity index (χ0) is 11.5. The van der Waals surface area contributed by atoms with Crippen molar-refractivity contribution in [2.45, 2.75) is 11.8 Å². The van der Waals surface area contributed by atoms with Gasteiger partial charge >= 0.3 is 0 Å². The van der Waals surface area contributed by atoms with Crippen molar-refractivity contribution in [3.63, 3.8) is 0 Å². The molecule has 0 atom stereocenters. The molecule has 0 unspecified atom stereocenters. The summed E-state index contributed by atoms with van der Waals surface area (Å²) in [5, 5.41) is 3.04. The molecule has 0 spiro atoms. The summed E-state index contributed by atoms with van der Waals surface area (Å²) in [5.74, 6) is 0. The number of nitrogens with one attached hydrogen (secondary N) is 1. The molecule has 0 aliphatic carbocycles. The maximum absolute atomic E-state index is 11.4. The predicted molar refractivity (Wildman–Crippen MR) is 62.9 cm³/mol. The van der Waals surface area contributed by atoms with E-state index in [1.54, 1.807) is 24.3 Å². The Bertz CT molecular complexity index is 463. The van der Waals surface area contributed by atoms with Gasteiger partial charge in [0.25, 0.3) is 0 Å². The number of hydrogen-bond acceptors (Lipinski definition) is 3. The molecule has 0 aliphatic rings. The summed E-state index contributed by atoms with van der Waals surface area (Å²) in [4.78, 5) is 0.325. The molecule has 0 radical (unpaired) electrons. The molecule has 15 heavy (non-hydrogen) atoms. The Morgan fingerprint density at radius 2 is 2.00 bits per heavy atom. The first-order chi connectivity index (χ1) is 6.91. The second kappa shape index (κ2) is 4.49. The van der Waals surface area contributed by atoms with E-state index in [2.05, 4.69) is 11.9 Å². The molecule has 0 aromatic heterocycles. The van der Waals surface area contributed by atoms with Crippen molar-refractivity contribution in [1.29, 1.82) is 0 Å².